The molecule has 0 aliphatic carbocycles. The Kier molecular flexibility index (Phi) is 5.57. The summed E-state index contributed by atoms with van der Waals surface area (Å²) in [6.45, 7) is 0. The van der Waals surface area contributed by atoms with E-state index in [4.69, 9.17) is 4.74 Å². The molecule has 7 nitrogen and oxygen atoms in total. The fraction of sp³-hybridized carbons (Fsp3) is 0.263. The zero-order chi connectivity index (χ0) is 19.4. The van der Waals surface area contributed by atoms with Crippen LogP contribution in [0.4, 0.5) is 0 Å². The molecule has 1 saturated heterocycles. The normalized spacial score (nSPS) is 16.8. The van der Waals surface area contributed by atoms with Gasteiger partial charge in [0.25, 0.3) is 0 Å². The molecule has 2 aromatic carbocycles. The largest absolute Gasteiger partial charge is 0.465 e. The van der Waals surface area contributed by atoms with Gasteiger partial charge in [0.15, 0.2) is 9.84 Å². The number of hydrogen-bond donors (Lipinski definition) is 2. The predicted octanol–water partition coefficient (Wildman–Crippen LogP) is 1.70. The molecule has 1 aliphatic heterocycles. The topological polar surface area (TPSA) is 102 Å². The van der Waals surface area contributed by atoms with Crippen molar-refractivity contribution in [3.05, 3.63) is 54.1 Å². The first-order chi connectivity index (χ1) is 12.9. The Morgan fingerprint density at radius 1 is 1.22 bits per heavy atom. The Morgan fingerprint density at radius 3 is 2.59 bits per heavy atom. The highest BCUT2D eigenvalue weighted by atomic mass is 32.2. The van der Waals surface area contributed by atoms with E-state index in [0.717, 1.165) is 0 Å². The van der Waals surface area contributed by atoms with Gasteiger partial charge in [-0.15, -0.1) is 0 Å². The van der Waals surface area contributed by atoms with Crippen LogP contribution in [0.3, 0.4) is 0 Å². The second-order valence-electron chi connectivity index (χ2n) is 6.19. The number of nitrogens with one attached hydrogen (secondary N) is 2. The van der Waals surface area contributed by atoms with Crippen molar-refractivity contribution < 1.29 is 22.7 Å². The Balaban J connectivity index is 1.91. The minimum Gasteiger partial charge on any atom is -0.465 e. The van der Waals surface area contributed by atoms with E-state index in [-0.39, 0.29) is 22.8 Å². The van der Waals surface area contributed by atoms with Crippen molar-refractivity contribution in [1.29, 1.82) is 0 Å². The number of methoxy groups -OCH3 is 1. The van der Waals surface area contributed by atoms with Gasteiger partial charge in [-0.25, -0.2) is 13.2 Å². The number of rotatable bonds is 6. The lowest BCUT2D eigenvalue weighted by atomic mass is 10.00. The van der Waals surface area contributed by atoms with Gasteiger partial charge in [0.1, 0.15) is 5.88 Å². The van der Waals surface area contributed by atoms with Crippen molar-refractivity contribution in [3.8, 4) is 11.1 Å². The van der Waals surface area contributed by atoms with E-state index in [1.54, 1.807) is 12.1 Å². The fourth-order valence-corrected chi connectivity index (χ4v) is 4.08. The molecule has 0 radical (unpaired) electrons. The van der Waals surface area contributed by atoms with Crippen LogP contribution in [0.1, 0.15) is 23.2 Å². The first-order valence-corrected chi connectivity index (χ1v) is 10.1. The average molecular weight is 388 g/mol. The summed E-state index contributed by atoms with van der Waals surface area (Å²) in [6.07, 6.45) is 0.574. The molecule has 1 aliphatic rings. The summed E-state index contributed by atoms with van der Waals surface area (Å²) in [6, 6.07) is 13.4. The molecule has 0 bridgehead atoms. The lowest BCUT2D eigenvalue weighted by Gasteiger charge is -2.14. The summed E-state index contributed by atoms with van der Waals surface area (Å²) in [4.78, 5) is 23.4. The predicted molar refractivity (Wildman–Crippen MR) is 99.6 cm³/mol. The highest BCUT2D eigenvalue weighted by Gasteiger charge is 2.24. The van der Waals surface area contributed by atoms with Crippen LogP contribution in [0.15, 0.2) is 53.4 Å². The van der Waals surface area contributed by atoms with Gasteiger partial charge in [0.2, 0.25) is 5.91 Å². The number of amides is 1. The standard InChI is InChI=1S/C19H20N2O5S/c1-26-19(23)15-8-7-14(11-16(15)13-5-3-2-4-6-13)27(24,25)12-20-17-9-10-18(22)21-17/h2-8,11,17,20H,9-10,12H2,1H3,(H,21,22)/t17-/m1/s1. The molecular weight excluding hydrogens is 368 g/mol. The molecule has 0 unspecified atom stereocenters. The van der Waals surface area contributed by atoms with Crippen molar-refractivity contribution in [2.75, 3.05) is 13.0 Å². The number of carbonyl (C=O) groups is 2. The average Bonchev–Trinajstić information content (AvgIpc) is 3.11. The molecule has 3 rings (SSSR count). The summed E-state index contributed by atoms with van der Waals surface area (Å²) < 4.78 is 30.2. The zero-order valence-electron chi connectivity index (χ0n) is 14.8. The molecule has 0 spiro atoms. The second kappa shape index (κ2) is 7.89. The van der Waals surface area contributed by atoms with E-state index in [1.165, 1.54) is 25.3 Å². The number of benzene rings is 2. The van der Waals surface area contributed by atoms with Gasteiger partial charge in [-0.05, 0) is 35.7 Å². The van der Waals surface area contributed by atoms with Crippen molar-refractivity contribution in [1.82, 2.24) is 10.6 Å². The molecule has 142 valence electrons. The summed E-state index contributed by atoms with van der Waals surface area (Å²) >= 11 is 0. The Bertz CT molecular complexity index is 957. The van der Waals surface area contributed by atoms with Crippen LogP contribution in [0.2, 0.25) is 0 Å². The van der Waals surface area contributed by atoms with E-state index >= 15 is 0 Å². The summed E-state index contributed by atoms with van der Waals surface area (Å²) in [5.74, 6) is -0.952. The highest BCUT2D eigenvalue weighted by molar-refractivity contribution is 7.91. The van der Waals surface area contributed by atoms with Crippen molar-refractivity contribution in [3.63, 3.8) is 0 Å². The van der Waals surface area contributed by atoms with Gasteiger partial charge in [-0.1, -0.05) is 30.3 Å². The van der Waals surface area contributed by atoms with E-state index in [9.17, 15) is 18.0 Å². The monoisotopic (exact) mass is 388 g/mol. The van der Waals surface area contributed by atoms with Gasteiger partial charge in [-0.3, -0.25) is 10.1 Å². The number of ether oxygens (including phenoxy) is 1. The van der Waals surface area contributed by atoms with Crippen molar-refractivity contribution >= 4 is 21.7 Å². The third-order valence-electron chi connectivity index (χ3n) is 4.36. The van der Waals surface area contributed by atoms with Crippen molar-refractivity contribution in [2.24, 2.45) is 0 Å². The molecule has 8 heteroatoms. The molecule has 2 N–H and O–H groups in total. The van der Waals surface area contributed by atoms with Crippen LogP contribution >= 0.6 is 0 Å². The fourth-order valence-electron chi connectivity index (χ4n) is 2.92. The minimum absolute atomic E-state index is 0.0887. The number of hydrogen-bond acceptors (Lipinski definition) is 6. The van der Waals surface area contributed by atoms with E-state index in [2.05, 4.69) is 10.6 Å². The smallest absolute Gasteiger partial charge is 0.338 e. The SMILES string of the molecule is COC(=O)c1ccc(S(=O)(=O)CN[C@H]2CCC(=O)N2)cc1-c1ccccc1. The van der Waals surface area contributed by atoms with Gasteiger partial charge in [-0.2, -0.15) is 0 Å². The lowest BCUT2D eigenvalue weighted by Crippen LogP contribution is -2.41. The maximum Gasteiger partial charge on any atom is 0.338 e. The lowest BCUT2D eigenvalue weighted by molar-refractivity contribution is -0.119. The quantitative estimate of drug-likeness (QED) is 0.731. The molecule has 1 heterocycles. The molecule has 2 aromatic rings. The number of carbonyl (C=O) groups excluding carboxylic acids is 2. The molecule has 0 saturated carbocycles. The van der Waals surface area contributed by atoms with Crippen LogP contribution in [0.25, 0.3) is 11.1 Å². The highest BCUT2D eigenvalue weighted by Crippen LogP contribution is 2.27. The molecule has 0 aromatic heterocycles. The number of esters is 1. The molecule has 27 heavy (non-hydrogen) atoms. The maximum atomic E-state index is 12.7. The Labute approximate surface area is 157 Å². The first-order valence-electron chi connectivity index (χ1n) is 8.44. The van der Waals surface area contributed by atoms with Gasteiger partial charge >= 0.3 is 5.97 Å². The van der Waals surface area contributed by atoms with E-state index in [1.807, 2.05) is 18.2 Å². The van der Waals surface area contributed by atoms with Crippen LogP contribution in [0.5, 0.6) is 0 Å². The van der Waals surface area contributed by atoms with Crippen molar-refractivity contribution in [2.45, 2.75) is 23.9 Å². The minimum atomic E-state index is -3.66. The first kappa shape index (κ1) is 19.1. The molecular formula is C19H20N2O5S. The Hall–Kier alpha value is -2.71. The third-order valence-corrected chi connectivity index (χ3v) is 5.87. The van der Waals surface area contributed by atoms with Crippen LogP contribution in [0, 0.1) is 0 Å². The summed E-state index contributed by atoms with van der Waals surface area (Å²) in [7, 11) is -2.38. The molecule has 1 fully saturated rings. The third kappa shape index (κ3) is 4.35. The molecule has 1 amide bonds. The van der Waals surface area contributed by atoms with Crippen LogP contribution in [-0.4, -0.2) is 39.4 Å². The Morgan fingerprint density at radius 2 is 1.96 bits per heavy atom. The van der Waals surface area contributed by atoms with E-state index < -0.39 is 15.8 Å². The second-order valence-corrected chi connectivity index (χ2v) is 8.18. The summed E-state index contributed by atoms with van der Waals surface area (Å²) in [5.41, 5.74) is 1.49. The van der Waals surface area contributed by atoms with Gasteiger partial charge in [0.05, 0.1) is 23.7 Å². The van der Waals surface area contributed by atoms with Gasteiger partial charge in [0, 0.05) is 6.42 Å². The maximum absolute atomic E-state index is 12.7. The summed E-state index contributed by atoms with van der Waals surface area (Å²) in [5, 5.41) is 5.52. The van der Waals surface area contributed by atoms with Crippen LogP contribution < -0.4 is 10.6 Å². The molecule has 1 atom stereocenters. The van der Waals surface area contributed by atoms with Crippen LogP contribution in [-0.2, 0) is 19.4 Å². The van der Waals surface area contributed by atoms with Gasteiger partial charge < -0.3 is 10.1 Å². The van der Waals surface area contributed by atoms with E-state index in [0.29, 0.717) is 29.5 Å². The zero-order valence-corrected chi connectivity index (χ0v) is 15.6. The number of sulfone groups is 1.